The molecule has 134 valence electrons. The van der Waals surface area contributed by atoms with Crippen molar-refractivity contribution in [1.29, 1.82) is 0 Å². The molecular formula is C16H18Cl2N4O2S. The molecule has 3 N–H and O–H groups in total. The lowest BCUT2D eigenvalue weighted by Crippen LogP contribution is -2.31. The van der Waals surface area contributed by atoms with Gasteiger partial charge in [-0.25, -0.2) is 4.98 Å². The standard InChI is InChI=1S/C16H18Cl2N4O2S/c1-2-7-19-13(23)6-8-20-15(24)12-9-25-16(22-12)21-11-5-3-4-10(17)14(11)18/h3-5,9H,2,6-8H2,1H3,(H,19,23)(H,20,24)(H,21,22). The van der Waals surface area contributed by atoms with Gasteiger partial charge in [-0.15, -0.1) is 11.3 Å². The first kappa shape index (κ1) is 19.5. The van der Waals surface area contributed by atoms with E-state index in [2.05, 4.69) is 20.9 Å². The monoisotopic (exact) mass is 400 g/mol. The Hall–Kier alpha value is -1.83. The Labute approximate surface area is 159 Å². The van der Waals surface area contributed by atoms with Gasteiger partial charge in [-0.2, -0.15) is 0 Å². The highest BCUT2D eigenvalue weighted by Crippen LogP contribution is 2.32. The Morgan fingerprint density at radius 2 is 2.00 bits per heavy atom. The Morgan fingerprint density at radius 1 is 1.20 bits per heavy atom. The van der Waals surface area contributed by atoms with E-state index in [4.69, 9.17) is 23.2 Å². The molecule has 1 heterocycles. The number of halogens is 2. The second-order valence-corrected chi connectivity index (χ2v) is 6.76. The third-order valence-corrected chi connectivity index (χ3v) is 4.72. The van der Waals surface area contributed by atoms with Crippen molar-refractivity contribution in [3.8, 4) is 0 Å². The zero-order valence-electron chi connectivity index (χ0n) is 13.6. The number of aromatic nitrogens is 1. The second kappa shape index (κ2) is 9.60. The van der Waals surface area contributed by atoms with Crippen LogP contribution >= 0.6 is 34.5 Å². The van der Waals surface area contributed by atoms with E-state index in [1.54, 1.807) is 23.6 Å². The number of carbonyl (C=O) groups excluding carboxylic acids is 2. The van der Waals surface area contributed by atoms with Crippen molar-refractivity contribution in [2.24, 2.45) is 0 Å². The van der Waals surface area contributed by atoms with Gasteiger partial charge in [0.05, 0.1) is 15.7 Å². The van der Waals surface area contributed by atoms with Crippen LogP contribution in [0.3, 0.4) is 0 Å². The molecule has 2 rings (SSSR count). The van der Waals surface area contributed by atoms with Crippen molar-refractivity contribution >= 4 is 57.2 Å². The summed E-state index contributed by atoms with van der Waals surface area (Å²) >= 11 is 13.4. The van der Waals surface area contributed by atoms with Gasteiger partial charge in [-0.1, -0.05) is 36.2 Å². The van der Waals surface area contributed by atoms with E-state index < -0.39 is 0 Å². The van der Waals surface area contributed by atoms with Crippen LogP contribution in [0.5, 0.6) is 0 Å². The van der Waals surface area contributed by atoms with Crippen LogP contribution in [0.25, 0.3) is 0 Å². The number of carbonyl (C=O) groups is 2. The maximum atomic E-state index is 12.1. The minimum atomic E-state index is -0.329. The van der Waals surface area contributed by atoms with E-state index in [-0.39, 0.29) is 30.5 Å². The molecule has 2 amide bonds. The molecule has 0 unspecified atom stereocenters. The van der Waals surface area contributed by atoms with Crippen molar-refractivity contribution in [3.05, 3.63) is 39.3 Å². The van der Waals surface area contributed by atoms with E-state index >= 15 is 0 Å². The Bertz CT molecular complexity index is 751. The molecule has 0 atom stereocenters. The summed E-state index contributed by atoms with van der Waals surface area (Å²) in [5, 5.41) is 11.4. The van der Waals surface area contributed by atoms with Crippen molar-refractivity contribution in [2.75, 3.05) is 18.4 Å². The van der Waals surface area contributed by atoms with E-state index in [1.807, 2.05) is 6.92 Å². The molecule has 0 bridgehead atoms. The van der Waals surface area contributed by atoms with Gasteiger partial charge in [0.25, 0.3) is 5.91 Å². The molecular weight excluding hydrogens is 383 g/mol. The van der Waals surface area contributed by atoms with Gasteiger partial charge in [0, 0.05) is 24.9 Å². The lowest BCUT2D eigenvalue weighted by molar-refractivity contribution is -0.120. The molecule has 25 heavy (non-hydrogen) atoms. The first-order valence-corrected chi connectivity index (χ1v) is 9.36. The number of nitrogens with zero attached hydrogens (tertiary/aromatic N) is 1. The van der Waals surface area contributed by atoms with Crippen LogP contribution < -0.4 is 16.0 Å². The smallest absolute Gasteiger partial charge is 0.270 e. The number of thiazole rings is 1. The fraction of sp³-hybridized carbons (Fsp3) is 0.312. The van der Waals surface area contributed by atoms with Crippen LogP contribution in [0, 0.1) is 0 Å². The highest BCUT2D eigenvalue weighted by Gasteiger charge is 2.12. The van der Waals surface area contributed by atoms with Crippen LogP contribution in [0.1, 0.15) is 30.3 Å². The van der Waals surface area contributed by atoms with E-state index in [0.717, 1.165) is 6.42 Å². The number of anilines is 2. The summed E-state index contributed by atoms with van der Waals surface area (Å²) in [4.78, 5) is 27.7. The Balaban J connectivity index is 1.87. The highest BCUT2D eigenvalue weighted by atomic mass is 35.5. The normalized spacial score (nSPS) is 10.4. The minimum Gasteiger partial charge on any atom is -0.356 e. The molecule has 0 saturated heterocycles. The maximum Gasteiger partial charge on any atom is 0.270 e. The quantitative estimate of drug-likeness (QED) is 0.628. The molecule has 0 saturated carbocycles. The fourth-order valence-corrected chi connectivity index (χ4v) is 2.93. The Morgan fingerprint density at radius 3 is 2.76 bits per heavy atom. The first-order chi connectivity index (χ1) is 12.0. The summed E-state index contributed by atoms with van der Waals surface area (Å²) in [5.41, 5.74) is 0.891. The summed E-state index contributed by atoms with van der Waals surface area (Å²) in [6, 6.07) is 5.22. The largest absolute Gasteiger partial charge is 0.356 e. The summed E-state index contributed by atoms with van der Waals surface area (Å²) in [6.45, 7) is 2.88. The average Bonchev–Trinajstić information content (AvgIpc) is 3.06. The zero-order valence-corrected chi connectivity index (χ0v) is 15.9. The molecule has 6 nitrogen and oxygen atoms in total. The van der Waals surface area contributed by atoms with Crippen LogP contribution in [0.2, 0.25) is 10.0 Å². The number of hydrogen-bond acceptors (Lipinski definition) is 5. The summed E-state index contributed by atoms with van der Waals surface area (Å²) in [6.07, 6.45) is 1.11. The van der Waals surface area contributed by atoms with Crippen LogP contribution in [-0.4, -0.2) is 29.9 Å². The molecule has 0 aliphatic rings. The number of hydrogen-bond donors (Lipinski definition) is 3. The van der Waals surface area contributed by atoms with Crippen LogP contribution in [0.15, 0.2) is 23.6 Å². The number of benzene rings is 1. The second-order valence-electron chi connectivity index (χ2n) is 5.12. The number of amides is 2. The maximum absolute atomic E-state index is 12.1. The van der Waals surface area contributed by atoms with Crippen LogP contribution in [0.4, 0.5) is 10.8 Å². The molecule has 1 aromatic heterocycles. The molecule has 9 heteroatoms. The van der Waals surface area contributed by atoms with E-state index in [9.17, 15) is 9.59 Å². The van der Waals surface area contributed by atoms with Gasteiger partial charge in [-0.05, 0) is 18.6 Å². The third kappa shape index (κ3) is 5.88. The number of nitrogens with one attached hydrogen (secondary N) is 3. The lowest BCUT2D eigenvalue weighted by atomic mass is 10.3. The van der Waals surface area contributed by atoms with Gasteiger partial charge in [0.2, 0.25) is 5.91 Å². The molecule has 1 aromatic carbocycles. The molecule has 0 aliphatic carbocycles. The first-order valence-electron chi connectivity index (χ1n) is 7.72. The third-order valence-electron chi connectivity index (χ3n) is 3.14. The minimum absolute atomic E-state index is 0.0848. The van der Waals surface area contributed by atoms with Gasteiger partial charge in [0.15, 0.2) is 5.13 Å². The topological polar surface area (TPSA) is 83.1 Å². The van der Waals surface area contributed by atoms with Gasteiger partial charge in [-0.3, -0.25) is 9.59 Å². The molecule has 0 aliphatic heterocycles. The number of rotatable bonds is 8. The van der Waals surface area contributed by atoms with Crippen molar-refractivity contribution < 1.29 is 9.59 Å². The van der Waals surface area contributed by atoms with Crippen molar-refractivity contribution in [3.63, 3.8) is 0 Å². The summed E-state index contributed by atoms with van der Waals surface area (Å²) in [5.74, 6) is -0.414. The van der Waals surface area contributed by atoms with E-state index in [1.165, 1.54) is 11.3 Å². The predicted octanol–water partition coefficient (Wildman–Crippen LogP) is 3.84. The summed E-state index contributed by atoms with van der Waals surface area (Å²) < 4.78 is 0. The van der Waals surface area contributed by atoms with E-state index in [0.29, 0.717) is 27.4 Å². The SMILES string of the molecule is CCCNC(=O)CCNC(=O)c1csc(Nc2cccc(Cl)c2Cl)n1. The average molecular weight is 401 g/mol. The molecule has 2 aromatic rings. The Kier molecular flexibility index (Phi) is 7.49. The predicted molar refractivity (Wildman–Crippen MR) is 102 cm³/mol. The highest BCUT2D eigenvalue weighted by molar-refractivity contribution is 7.14. The summed E-state index contributed by atoms with van der Waals surface area (Å²) in [7, 11) is 0. The van der Waals surface area contributed by atoms with Crippen LogP contribution in [-0.2, 0) is 4.79 Å². The molecule has 0 fully saturated rings. The molecule has 0 radical (unpaired) electrons. The van der Waals surface area contributed by atoms with Gasteiger partial charge < -0.3 is 16.0 Å². The fourth-order valence-electron chi connectivity index (χ4n) is 1.88. The van der Waals surface area contributed by atoms with Crippen molar-refractivity contribution in [1.82, 2.24) is 15.6 Å². The van der Waals surface area contributed by atoms with Crippen molar-refractivity contribution in [2.45, 2.75) is 19.8 Å². The zero-order chi connectivity index (χ0) is 18.2. The molecule has 0 spiro atoms. The lowest BCUT2D eigenvalue weighted by Gasteiger charge is -2.06. The van der Waals surface area contributed by atoms with Gasteiger partial charge in [0.1, 0.15) is 5.69 Å². The van der Waals surface area contributed by atoms with Gasteiger partial charge >= 0.3 is 0 Å².